The first-order valence-corrected chi connectivity index (χ1v) is 27.4. The molecule has 0 spiro atoms. The maximum Gasteiger partial charge on any atom is 0.244 e. The molecule has 0 aliphatic carbocycles. The highest BCUT2D eigenvalue weighted by Crippen LogP contribution is 2.31. The van der Waals surface area contributed by atoms with Gasteiger partial charge >= 0.3 is 0 Å². The molecule has 79 heavy (non-hydrogen) atoms. The topological polar surface area (TPSA) is 225 Å². The third kappa shape index (κ3) is 12.5. The summed E-state index contributed by atoms with van der Waals surface area (Å²) in [5.74, 6) is 6.07. The van der Waals surface area contributed by atoms with E-state index in [1.165, 1.54) is 0 Å². The molecule has 9 aromatic rings. The van der Waals surface area contributed by atoms with Crippen LogP contribution in [0.3, 0.4) is 0 Å². The van der Waals surface area contributed by atoms with Crippen molar-refractivity contribution in [1.82, 2.24) is 45.8 Å². The summed E-state index contributed by atoms with van der Waals surface area (Å²) in [6.45, 7) is 3.88. The lowest BCUT2D eigenvalue weighted by Gasteiger charge is -2.26. The Labute approximate surface area is 458 Å². The van der Waals surface area contributed by atoms with Crippen LogP contribution in [0.5, 0.6) is 0 Å². The quantitative estimate of drug-likeness (QED) is 0.0175. The summed E-state index contributed by atoms with van der Waals surface area (Å²) in [5, 5.41) is 14.9. The van der Waals surface area contributed by atoms with E-state index in [2.05, 4.69) is 65.6 Å². The zero-order valence-electron chi connectivity index (χ0n) is 44.4. The number of carbonyl (C=O) groups is 5. The second-order valence-corrected chi connectivity index (χ2v) is 20.1. The molecule has 2 atom stereocenters. The van der Waals surface area contributed by atoms with Gasteiger partial charge in [0, 0.05) is 102 Å². The highest BCUT2D eigenvalue weighted by molar-refractivity contribution is 6.06. The molecule has 16 nitrogen and oxygen atoms in total. The molecule has 8 N–H and O–H groups in total. The first-order chi connectivity index (χ1) is 38.6. The minimum Gasteiger partial charge on any atom is -0.382 e. The van der Waals surface area contributed by atoms with Gasteiger partial charge in [0.15, 0.2) is 11.6 Å². The molecule has 2 unspecified atom stereocenters. The number of ketones is 1. The molecule has 0 saturated heterocycles. The number of nitrogens with one attached hydrogen (secondary N) is 6. The lowest BCUT2D eigenvalue weighted by atomic mass is 10.0. The largest absolute Gasteiger partial charge is 0.382 e. The molecular weight excluding hydrogens is 991 g/mol. The van der Waals surface area contributed by atoms with Gasteiger partial charge < -0.3 is 41.1 Å². The fourth-order valence-corrected chi connectivity index (χ4v) is 10.5. The summed E-state index contributed by atoms with van der Waals surface area (Å²) in [5.41, 5.74) is 15.3. The second-order valence-electron chi connectivity index (χ2n) is 20.1. The number of rotatable bonds is 24. The minimum absolute atomic E-state index is 0.00478. The highest BCUT2D eigenvalue weighted by Gasteiger charge is 2.29. The molecular formula is C63H65N11O5. The van der Waals surface area contributed by atoms with Crippen LogP contribution in [0.15, 0.2) is 134 Å². The number of nitrogens with zero attached hydrogens (tertiary/aromatic N) is 4. The Balaban J connectivity index is 0.788. The van der Waals surface area contributed by atoms with Crippen LogP contribution >= 0.6 is 0 Å². The Morgan fingerprint density at radius 3 is 2.16 bits per heavy atom. The maximum absolute atomic E-state index is 14.7. The van der Waals surface area contributed by atoms with Gasteiger partial charge in [0.05, 0.1) is 23.3 Å². The van der Waals surface area contributed by atoms with E-state index in [-0.39, 0.29) is 62.8 Å². The summed E-state index contributed by atoms with van der Waals surface area (Å²) >= 11 is 0. The van der Waals surface area contributed by atoms with Gasteiger partial charge in [-0.25, -0.2) is 9.97 Å². The van der Waals surface area contributed by atoms with Crippen LogP contribution in [0.1, 0.15) is 91.9 Å². The molecule has 1 aliphatic heterocycles. The van der Waals surface area contributed by atoms with Gasteiger partial charge in [0.2, 0.25) is 23.6 Å². The fraction of sp³-hybridized carbons (Fsp3) is 0.286. The van der Waals surface area contributed by atoms with Crippen LogP contribution in [0.4, 0.5) is 11.5 Å². The van der Waals surface area contributed by atoms with Gasteiger partial charge in [0.25, 0.3) is 0 Å². The second kappa shape index (κ2) is 24.9. The number of hydrogen-bond donors (Lipinski definition) is 7. The SMILES string of the molecule is CCCCc1nc2c(N)nc3ccccc3c2n1CCCCNC(=O)CCCNC(NC(=O)C(Cc1c[nH]c2ccccc12)NC(=O)CCC(=O)N1Cc2ccccc2C#Cc2ccccc21)C(=O)Cc1c[nH]c2ccccc12. The van der Waals surface area contributed by atoms with Gasteiger partial charge in [-0.2, -0.15) is 0 Å². The van der Waals surface area contributed by atoms with Crippen molar-refractivity contribution in [2.45, 2.75) is 103 Å². The molecule has 0 bridgehead atoms. The number of unbranched alkanes of at least 4 members (excludes halogenated alkanes) is 2. The van der Waals surface area contributed by atoms with Crippen molar-refractivity contribution in [3.05, 3.63) is 167 Å². The Morgan fingerprint density at radius 2 is 1.37 bits per heavy atom. The molecule has 5 heterocycles. The number of Topliss-reactive ketones (excluding diaryl/α,β-unsaturated/α-hetero) is 1. The van der Waals surface area contributed by atoms with E-state index in [4.69, 9.17) is 10.7 Å². The fourth-order valence-electron chi connectivity index (χ4n) is 10.5. The molecule has 10 rings (SSSR count). The number of aromatic nitrogens is 5. The van der Waals surface area contributed by atoms with E-state index >= 15 is 0 Å². The highest BCUT2D eigenvalue weighted by atomic mass is 16.2. The number of anilines is 2. The normalized spacial score (nSPS) is 12.7. The van der Waals surface area contributed by atoms with Crippen LogP contribution in [0, 0.1) is 11.8 Å². The minimum atomic E-state index is -1.17. The van der Waals surface area contributed by atoms with Crippen molar-refractivity contribution in [3.8, 4) is 11.8 Å². The number of pyridine rings is 1. The van der Waals surface area contributed by atoms with Crippen molar-refractivity contribution in [3.63, 3.8) is 0 Å². The number of H-pyrrole nitrogens is 2. The number of fused-ring (bicyclic) bond motifs is 7. The summed E-state index contributed by atoms with van der Waals surface area (Å²) in [6.07, 6.45) is 7.20. The van der Waals surface area contributed by atoms with Gasteiger partial charge in [0.1, 0.15) is 23.5 Å². The molecule has 4 aromatic heterocycles. The van der Waals surface area contributed by atoms with Crippen LogP contribution < -0.4 is 31.9 Å². The lowest BCUT2D eigenvalue weighted by molar-refractivity contribution is -0.132. The molecule has 0 radical (unpaired) electrons. The average molecular weight is 1060 g/mol. The number of imidazole rings is 1. The maximum atomic E-state index is 14.7. The summed E-state index contributed by atoms with van der Waals surface area (Å²) in [6, 6.07) is 37.4. The van der Waals surface area contributed by atoms with Crippen molar-refractivity contribution < 1.29 is 24.0 Å². The number of amides is 4. The number of hydrogen-bond acceptors (Lipinski definition) is 9. The van der Waals surface area contributed by atoms with Gasteiger partial charge in [-0.05, 0) is 85.3 Å². The standard InChI is InChI=1S/C63H65N11O5/c1-2-3-27-55-71-59-60(48-22-9-12-25-51(48)70-61(59)64)73(55)35-15-14-33-65-56(76)28-16-34-66-62(54(75)37-45-39-68-50-24-11-8-21-47(45)50)72-63(79)52(36-44-38-67-49-23-10-7-20-46(44)49)69-57(77)31-32-58(78)74-40-43-19-5-4-17-41(43)29-30-42-18-6-13-26-53(42)74/h4-13,17-26,38-39,52,62,66-68H,2-3,14-16,27-28,31-37,40H2,1H3,(H2,64,70)(H,65,76)(H,69,77)(H,72,79). The summed E-state index contributed by atoms with van der Waals surface area (Å²) in [7, 11) is 0. The first-order valence-electron chi connectivity index (χ1n) is 27.4. The number of nitrogens with two attached hydrogens (primary N) is 1. The number of para-hydroxylation sites is 4. The van der Waals surface area contributed by atoms with Crippen LogP contribution in [-0.2, 0) is 56.3 Å². The van der Waals surface area contributed by atoms with Crippen LogP contribution in [0.25, 0.3) is 43.7 Å². The number of aryl methyl sites for hydroxylation is 2. The summed E-state index contributed by atoms with van der Waals surface area (Å²) < 4.78 is 2.27. The number of aromatic amines is 2. The number of nitrogen functional groups attached to an aromatic ring is 1. The third-order valence-electron chi connectivity index (χ3n) is 14.6. The van der Waals surface area contributed by atoms with Gasteiger partial charge in [-0.1, -0.05) is 110 Å². The predicted octanol–water partition coefficient (Wildman–Crippen LogP) is 8.45. The van der Waals surface area contributed by atoms with Crippen LogP contribution in [-0.4, -0.2) is 79.2 Å². The van der Waals surface area contributed by atoms with Crippen molar-refractivity contribution in [2.75, 3.05) is 23.7 Å². The zero-order valence-corrected chi connectivity index (χ0v) is 44.4. The van der Waals surface area contributed by atoms with Gasteiger partial charge in [-0.15, -0.1) is 0 Å². The number of benzene rings is 5. The molecule has 402 valence electrons. The van der Waals surface area contributed by atoms with Crippen molar-refractivity contribution >= 4 is 84.7 Å². The van der Waals surface area contributed by atoms with Gasteiger partial charge in [-0.3, -0.25) is 29.3 Å². The van der Waals surface area contributed by atoms with Crippen molar-refractivity contribution in [2.24, 2.45) is 0 Å². The Bertz CT molecular complexity index is 3770. The molecule has 0 fully saturated rings. The van der Waals surface area contributed by atoms with Crippen LogP contribution in [0.2, 0.25) is 0 Å². The molecule has 0 saturated carbocycles. The zero-order chi connectivity index (χ0) is 54.7. The van der Waals surface area contributed by atoms with E-state index in [1.807, 2.05) is 121 Å². The molecule has 1 aliphatic rings. The monoisotopic (exact) mass is 1060 g/mol. The predicted molar refractivity (Wildman–Crippen MR) is 310 cm³/mol. The smallest absolute Gasteiger partial charge is 0.244 e. The van der Waals surface area contributed by atoms with E-state index in [0.717, 1.165) is 110 Å². The first kappa shape index (κ1) is 53.3. The van der Waals surface area contributed by atoms with E-state index in [0.29, 0.717) is 30.0 Å². The van der Waals surface area contributed by atoms with E-state index in [1.54, 1.807) is 11.1 Å². The Hall–Kier alpha value is -9.07. The molecule has 5 aromatic carbocycles. The Kier molecular flexibility index (Phi) is 16.8. The molecule has 4 amide bonds. The molecule has 16 heteroatoms. The summed E-state index contributed by atoms with van der Waals surface area (Å²) in [4.78, 5) is 88.1. The average Bonchev–Trinajstić information content (AvgIpc) is 4.32. The van der Waals surface area contributed by atoms with E-state index < -0.39 is 24.0 Å². The van der Waals surface area contributed by atoms with E-state index in [9.17, 15) is 24.0 Å². The lowest BCUT2D eigenvalue weighted by Crippen LogP contribution is -2.57. The Morgan fingerprint density at radius 1 is 0.684 bits per heavy atom. The van der Waals surface area contributed by atoms with Crippen molar-refractivity contribution in [1.29, 1.82) is 0 Å². The number of carbonyl (C=O) groups excluding carboxylic acids is 5. The third-order valence-corrected chi connectivity index (χ3v) is 14.6.